The number of nitrogens with two attached hydrogens (primary N) is 1. The van der Waals surface area contributed by atoms with Gasteiger partial charge in [-0.05, 0) is 6.92 Å². The van der Waals surface area contributed by atoms with Crippen LogP contribution >= 0.6 is 0 Å². The molecule has 4 nitrogen and oxygen atoms in total. The summed E-state index contributed by atoms with van der Waals surface area (Å²) < 4.78 is 5.87. The summed E-state index contributed by atoms with van der Waals surface area (Å²) in [4.78, 5) is 4.18. The fraction of sp³-hybridized carbons (Fsp3) is 0.625. The van der Waals surface area contributed by atoms with E-state index in [0.29, 0.717) is 23.5 Å². The first-order valence-electron chi connectivity index (χ1n) is 4.04. The number of hydrogen-bond acceptors (Lipinski definition) is 3. The van der Waals surface area contributed by atoms with E-state index in [1.807, 2.05) is 27.2 Å². The number of likely N-dealkylation sites (N-methyl/N-ethyl adjacent to an activating group) is 1. The second-order valence-corrected chi connectivity index (χ2v) is 3.26. The van der Waals surface area contributed by atoms with Gasteiger partial charge < -0.3 is 10.5 Å². The lowest BCUT2D eigenvalue weighted by Gasteiger charge is -2.20. The number of aliphatic imine (C=N–C) groups is 1. The molecular weight excluding hydrogens is 154 g/mol. The van der Waals surface area contributed by atoms with E-state index in [1.165, 1.54) is 0 Å². The normalized spacial score (nSPS) is 20.6. The number of ether oxygens (including phenoxy) is 1. The predicted molar refractivity (Wildman–Crippen MR) is 48.3 cm³/mol. The average molecular weight is 170 g/mol. The first-order chi connectivity index (χ1) is 5.56. The molecule has 0 spiro atoms. The largest absolute Gasteiger partial charge is 0.379 e. The maximum atomic E-state index is 5.57. The van der Waals surface area contributed by atoms with E-state index < -0.39 is 0 Å². The molecule has 4 heteroatoms. The van der Waals surface area contributed by atoms with Gasteiger partial charge in [-0.25, -0.2) is 0 Å². The molecule has 0 unspecified atom stereocenters. The molecule has 0 fully saturated rings. The smallest absolute Gasteiger partial charge is 0.235 e. The summed E-state index contributed by atoms with van der Waals surface area (Å²) in [5.74, 6) is 1.53. The van der Waals surface area contributed by atoms with Crippen LogP contribution < -0.4 is 5.73 Å². The van der Waals surface area contributed by atoms with E-state index in [2.05, 4.69) is 4.99 Å². The van der Waals surface area contributed by atoms with Gasteiger partial charge in [0.1, 0.15) is 12.8 Å². The Bertz CT molecular complexity index is 230. The van der Waals surface area contributed by atoms with Gasteiger partial charge in [-0.3, -0.25) is 4.48 Å². The van der Waals surface area contributed by atoms with Crippen molar-refractivity contribution in [3.63, 3.8) is 0 Å². The number of amidine groups is 1. The van der Waals surface area contributed by atoms with Gasteiger partial charge in [0.05, 0.1) is 14.1 Å². The molecule has 0 amide bonds. The third-order valence-corrected chi connectivity index (χ3v) is 1.81. The van der Waals surface area contributed by atoms with Crippen LogP contribution in [0.15, 0.2) is 17.0 Å². The van der Waals surface area contributed by atoms with Gasteiger partial charge in [-0.15, -0.1) is 0 Å². The van der Waals surface area contributed by atoms with E-state index in [9.17, 15) is 0 Å². The molecule has 0 bridgehead atoms. The van der Waals surface area contributed by atoms with Gasteiger partial charge >= 0.3 is 0 Å². The molecule has 0 aromatic carbocycles. The highest BCUT2D eigenvalue weighted by molar-refractivity contribution is 5.79. The highest BCUT2D eigenvalue weighted by Crippen LogP contribution is 2.13. The van der Waals surface area contributed by atoms with E-state index in [0.717, 1.165) is 5.84 Å². The lowest BCUT2D eigenvalue weighted by molar-refractivity contribution is -0.741. The average Bonchev–Trinajstić information content (AvgIpc) is 2.20. The maximum absolute atomic E-state index is 5.57. The Kier molecular flexibility index (Phi) is 2.49. The molecule has 1 heterocycles. The minimum absolute atomic E-state index is 0.556. The molecule has 0 saturated carbocycles. The van der Waals surface area contributed by atoms with Gasteiger partial charge in [0.2, 0.25) is 5.84 Å². The second-order valence-electron chi connectivity index (χ2n) is 3.26. The minimum atomic E-state index is 0.556. The summed E-state index contributed by atoms with van der Waals surface area (Å²) >= 11 is 0. The topological polar surface area (TPSA) is 47.6 Å². The van der Waals surface area contributed by atoms with Crippen molar-refractivity contribution in [1.29, 1.82) is 0 Å². The lowest BCUT2D eigenvalue weighted by atomic mass is 10.5. The van der Waals surface area contributed by atoms with Crippen molar-refractivity contribution in [2.45, 2.75) is 6.92 Å². The van der Waals surface area contributed by atoms with Crippen molar-refractivity contribution in [3.05, 3.63) is 12.0 Å². The summed E-state index contributed by atoms with van der Waals surface area (Å²) in [5, 5.41) is 0. The van der Waals surface area contributed by atoms with Crippen LogP contribution in [-0.2, 0) is 4.74 Å². The highest BCUT2D eigenvalue weighted by atomic mass is 16.5. The first kappa shape index (κ1) is 9.22. The molecule has 0 atom stereocenters. The summed E-state index contributed by atoms with van der Waals surface area (Å²) in [6, 6.07) is 0. The summed E-state index contributed by atoms with van der Waals surface area (Å²) in [7, 11) is 4.05. The van der Waals surface area contributed by atoms with Gasteiger partial charge in [0.15, 0.2) is 5.82 Å². The SMILES string of the molecule is CCOCC1=NC(N)=C[N+]1(C)C. The molecule has 0 aliphatic carbocycles. The standard InChI is InChI=1S/C8H16N3O/c1-4-12-6-8-10-7(9)5-11(8,2)3/h5H,4,6,9H2,1-3H3/q+1. The lowest BCUT2D eigenvalue weighted by Crippen LogP contribution is -2.40. The Balaban J connectivity index is 2.62. The zero-order valence-corrected chi connectivity index (χ0v) is 7.87. The minimum Gasteiger partial charge on any atom is -0.379 e. The van der Waals surface area contributed by atoms with Crippen LogP contribution in [0.4, 0.5) is 0 Å². The summed E-state index contributed by atoms with van der Waals surface area (Å²) in [6.07, 6.45) is 1.90. The number of nitrogens with zero attached hydrogens (tertiary/aromatic N) is 2. The van der Waals surface area contributed by atoms with Crippen LogP contribution in [0, 0.1) is 0 Å². The fourth-order valence-corrected chi connectivity index (χ4v) is 1.10. The molecule has 0 saturated heterocycles. The number of quaternary nitrogens is 1. The monoisotopic (exact) mass is 170 g/mol. The molecule has 68 valence electrons. The molecule has 0 aromatic rings. The van der Waals surface area contributed by atoms with Crippen molar-refractivity contribution in [2.24, 2.45) is 10.7 Å². The summed E-state index contributed by atoms with van der Waals surface area (Å²) in [6.45, 7) is 3.23. The predicted octanol–water partition coefficient (Wildman–Crippen LogP) is 0.269. The van der Waals surface area contributed by atoms with Crippen molar-refractivity contribution < 1.29 is 9.22 Å². The van der Waals surface area contributed by atoms with E-state index >= 15 is 0 Å². The zero-order valence-electron chi connectivity index (χ0n) is 7.87. The Morgan fingerprint density at radius 3 is 2.67 bits per heavy atom. The molecule has 0 radical (unpaired) electrons. The van der Waals surface area contributed by atoms with Crippen LogP contribution in [0.5, 0.6) is 0 Å². The molecular formula is C8H16N3O+. The molecule has 1 aliphatic heterocycles. The number of hydrogen-bond donors (Lipinski definition) is 1. The Labute approximate surface area is 72.9 Å². The van der Waals surface area contributed by atoms with Crippen molar-refractivity contribution in [1.82, 2.24) is 0 Å². The van der Waals surface area contributed by atoms with Crippen molar-refractivity contribution in [3.8, 4) is 0 Å². The highest BCUT2D eigenvalue weighted by Gasteiger charge is 2.28. The van der Waals surface area contributed by atoms with Gasteiger partial charge in [0, 0.05) is 6.61 Å². The third kappa shape index (κ3) is 1.84. The van der Waals surface area contributed by atoms with Crippen molar-refractivity contribution >= 4 is 5.84 Å². The van der Waals surface area contributed by atoms with Gasteiger partial charge in [-0.2, -0.15) is 4.99 Å². The first-order valence-corrected chi connectivity index (χ1v) is 4.04. The Hall–Kier alpha value is -0.870. The van der Waals surface area contributed by atoms with Gasteiger partial charge in [0.25, 0.3) is 0 Å². The molecule has 0 aromatic heterocycles. The Morgan fingerprint density at radius 2 is 2.25 bits per heavy atom. The maximum Gasteiger partial charge on any atom is 0.235 e. The zero-order chi connectivity index (χ0) is 9.19. The number of rotatable bonds is 3. The van der Waals surface area contributed by atoms with Crippen molar-refractivity contribution in [2.75, 3.05) is 27.3 Å². The second kappa shape index (κ2) is 3.25. The quantitative estimate of drug-likeness (QED) is 0.618. The Morgan fingerprint density at radius 1 is 1.58 bits per heavy atom. The van der Waals surface area contributed by atoms with Crippen LogP contribution in [0.25, 0.3) is 0 Å². The third-order valence-electron chi connectivity index (χ3n) is 1.81. The van der Waals surface area contributed by atoms with Crippen LogP contribution in [0.2, 0.25) is 0 Å². The van der Waals surface area contributed by atoms with Crippen LogP contribution in [0.3, 0.4) is 0 Å². The van der Waals surface area contributed by atoms with Crippen LogP contribution in [-0.4, -0.2) is 37.6 Å². The molecule has 2 N–H and O–H groups in total. The molecule has 1 rings (SSSR count). The molecule has 1 aliphatic rings. The van der Waals surface area contributed by atoms with E-state index in [4.69, 9.17) is 10.5 Å². The van der Waals surface area contributed by atoms with Crippen LogP contribution in [0.1, 0.15) is 6.92 Å². The van der Waals surface area contributed by atoms with E-state index in [1.54, 1.807) is 0 Å². The molecule has 12 heavy (non-hydrogen) atoms. The van der Waals surface area contributed by atoms with E-state index in [-0.39, 0.29) is 0 Å². The van der Waals surface area contributed by atoms with Gasteiger partial charge in [-0.1, -0.05) is 0 Å². The fourth-order valence-electron chi connectivity index (χ4n) is 1.10. The summed E-state index contributed by atoms with van der Waals surface area (Å²) in [5.41, 5.74) is 5.57.